The van der Waals surface area contributed by atoms with E-state index in [1.165, 1.54) is 6.21 Å². The summed E-state index contributed by atoms with van der Waals surface area (Å²) in [7, 11) is 0. The lowest BCUT2D eigenvalue weighted by Crippen LogP contribution is -2.25. The molecule has 148 valence electrons. The fourth-order valence-corrected chi connectivity index (χ4v) is 2.67. The van der Waals surface area contributed by atoms with E-state index in [1.807, 2.05) is 45.0 Å². The number of nitrogens with zero attached hydrogens (tertiary/aromatic N) is 1. The van der Waals surface area contributed by atoms with Crippen LogP contribution in [-0.4, -0.2) is 24.1 Å². The Morgan fingerprint density at radius 2 is 1.93 bits per heavy atom. The van der Waals surface area contributed by atoms with Crippen molar-refractivity contribution in [1.29, 1.82) is 0 Å². The summed E-state index contributed by atoms with van der Waals surface area (Å²) in [5.74, 6) is -0.317. The van der Waals surface area contributed by atoms with Crippen LogP contribution in [0.25, 0.3) is 0 Å². The molecule has 2 aromatic rings. The minimum atomic E-state index is -0.518. The van der Waals surface area contributed by atoms with Gasteiger partial charge in [-0.2, -0.15) is 5.10 Å². The van der Waals surface area contributed by atoms with Crippen molar-refractivity contribution in [3.05, 3.63) is 58.6 Å². The topological polar surface area (TPSA) is 79.8 Å². The molecule has 0 saturated carbocycles. The zero-order chi connectivity index (χ0) is 20.5. The number of aryl methyl sites for hydroxylation is 1. The fourth-order valence-electron chi connectivity index (χ4n) is 2.49. The zero-order valence-corrected chi connectivity index (χ0v) is 16.9. The summed E-state index contributed by atoms with van der Waals surface area (Å²) in [5, 5.41) is 7.18. The molecule has 0 unspecified atom stereocenters. The monoisotopic (exact) mass is 401 g/mol. The predicted molar refractivity (Wildman–Crippen MR) is 112 cm³/mol. The number of para-hydroxylation sites is 1. The SMILES string of the molecule is CCc1ccccc1NC(=O)CC(=O)NN=Cc1cc(Cl)ccc1OC(C)C. The summed E-state index contributed by atoms with van der Waals surface area (Å²) in [5.41, 5.74) is 4.69. The first-order valence-corrected chi connectivity index (χ1v) is 9.42. The maximum Gasteiger partial charge on any atom is 0.249 e. The van der Waals surface area contributed by atoms with Gasteiger partial charge in [-0.1, -0.05) is 36.7 Å². The second kappa shape index (κ2) is 10.5. The van der Waals surface area contributed by atoms with Gasteiger partial charge in [0.1, 0.15) is 12.2 Å². The number of rotatable bonds is 8. The molecule has 2 rings (SSSR count). The van der Waals surface area contributed by atoms with Crippen molar-refractivity contribution in [2.24, 2.45) is 5.10 Å². The first-order chi connectivity index (χ1) is 13.4. The van der Waals surface area contributed by atoms with E-state index in [0.29, 0.717) is 22.0 Å². The first kappa shape index (κ1) is 21.4. The molecule has 0 bridgehead atoms. The van der Waals surface area contributed by atoms with E-state index in [-0.39, 0.29) is 12.5 Å². The molecule has 0 aliphatic heterocycles. The third kappa shape index (κ3) is 6.70. The van der Waals surface area contributed by atoms with Gasteiger partial charge in [-0.3, -0.25) is 9.59 Å². The number of carbonyl (C=O) groups excluding carboxylic acids is 2. The van der Waals surface area contributed by atoms with Gasteiger partial charge in [0.05, 0.1) is 12.3 Å². The third-order valence-corrected chi connectivity index (χ3v) is 3.96. The van der Waals surface area contributed by atoms with E-state index in [2.05, 4.69) is 15.8 Å². The molecule has 2 amide bonds. The van der Waals surface area contributed by atoms with Gasteiger partial charge in [0.25, 0.3) is 0 Å². The van der Waals surface area contributed by atoms with Crippen molar-refractivity contribution in [2.45, 2.75) is 39.7 Å². The summed E-state index contributed by atoms with van der Waals surface area (Å²) in [6, 6.07) is 12.6. The van der Waals surface area contributed by atoms with Crippen molar-refractivity contribution in [3.63, 3.8) is 0 Å². The van der Waals surface area contributed by atoms with Crippen molar-refractivity contribution < 1.29 is 14.3 Å². The minimum absolute atomic E-state index is 0.0161. The molecule has 2 aromatic carbocycles. The molecule has 0 aliphatic rings. The average Bonchev–Trinajstić information content (AvgIpc) is 2.64. The van der Waals surface area contributed by atoms with Crippen LogP contribution in [0.4, 0.5) is 5.69 Å². The molecule has 6 nitrogen and oxygen atoms in total. The second-order valence-corrected chi connectivity index (χ2v) is 6.81. The number of nitrogens with one attached hydrogen (secondary N) is 2. The normalized spacial score (nSPS) is 10.9. The van der Waals surface area contributed by atoms with Gasteiger partial charge < -0.3 is 10.1 Å². The second-order valence-electron chi connectivity index (χ2n) is 6.38. The van der Waals surface area contributed by atoms with Crippen LogP contribution in [0.15, 0.2) is 47.6 Å². The summed E-state index contributed by atoms with van der Waals surface area (Å²) in [4.78, 5) is 24.1. The molecule has 0 atom stereocenters. The quantitative estimate of drug-likeness (QED) is 0.396. The molecule has 0 heterocycles. The highest BCUT2D eigenvalue weighted by atomic mass is 35.5. The molecular weight excluding hydrogens is 378 g/mol. The Labute approximate surface area is 169 Å². The standard InChI is InChI=1S/C21H24ClN3O3/c1-4-15-7-5-6-8-18(15)24-20(26)12-21(27)25-23-13-16-11-17(22)9-10-19(16)28-14(2)3/h5-11,13-14H,4,12H2,1-3H3,(H,24,26)(H,25,27). The number of carbonyl (C=O) groups is 2. The van der Waals surface area contributed by atoms with Crippen LogP contribution in [0.5, 0.6) is 5.75 Å². The van der Waals surface area contributed by atoms with Crippen molar-refractivity contribution in [1.82, 2.24) is 5.43 Å². The van der Waals surface area contributed by atoms with Crippen molar-refractivity contribution in [2.75, 3.05) is 5.32 Å². The molecule has 0 fully saturated rings. The summed E-state index contributed by atoms with van der Waals surface area (Å²) in [6.07, 6.45) is 1.87. The number of hydrazone groups is 1. The number of halogens is 1. The third-order valence-electron chi connectivity index (χ3n) is 3.72. The number of benzene rings is 2. The highest BCUT2D eigenvalue weighted by Crippen LogP contribution is 2.22. The first-order valence-electron chi connectivity index (χ1n) is 9.05. The molecule has 0 spiro atoms. The van der Waals surface area contributed by atoms with Crippen molar-refractivity contribution >= 4 is 35.3 Å². The van der Waals surface area contributed by atoms with Crippen LogP contribution in [0.1, 0.15) is 38.3 Å². The van der Waals surface area contributed by atoms with Gasteiger partial charge >= 0.3 is 0 Å². The molecule has 0 saturated heterocycles. The van der Waals surface area contributed by atoms with E-state index in [0.717, 1.165) is 12.0 Å². The Morgan fingerprint density at radius 3 is 2.64 bits per heavy atom. The van der Waals surface area contributed by atoms with Crippen LogP contribution < -0.4 is 15.5 Å². The Bertz CT molecular complexity index is 866. The van der Waals surface area contributed by atoms with Crippen LogP contribution >= 0.6 is 11.6 Å². The molecule has 0 radical (unpaired) electrons. The highest BCUT2D eigenvalue weighted by Gasteiger charge is 2.11. The summed E-state index contributed by atoms with van der Waals surface area (Å²) in [6.45, 7) is 5.82. The molecule has 28 heavy (non-hydrogen) atoms. The molecule has 0 aliphatic carbocycles. The van der Waals surface area contributed by atoms with Gasteiger partial charge in [-0.05, 0) is 50.1 Å². The largest absolute Gasteiger partial charge is 0.490 e. The van der Waals surface area contributed by atoms with Crippen LogP contribution in [0.2, 0.25) is 5.02 Å². The average molecular weight is 402 g/mol. The molecule has 0 aromatic heterocycles. The lowest BCUT2D eigenvalue weighted by molar-refractivity contribution is -0.126. The van der Waals surface area contributed by atoms with E-state index >= 15 is 0 Å². The number of hydrogen-bond donors (Lipinski definition) is 2. The van der Waals surface area contributed by atoms with E-state index in [4.69, 9.17) is 16.3 Å². The maximum atomic E-state index is 12.1. The van der Waals surface area contributed by atoms with Gasteiger partial charge in [0.2, 0.25) is 11.8 Å². The zero-order valence-electron chi connectivity index (χ0n) is 16.2. The van der Waals surface area contributed by atoms with Crippen LogP contribution in [0.3, 0.4) is 0 Å². The van der Waals surface area contributed by atoms with E-state index in [9.17, 15) is 9.59 Å². The highest BCUT2D eigenvalue weighted by molar-refractivity contribution is 6.30. The van der Waals surface area contributed by atoms with Crippen LogP contribution in [0, 0.1) is 0 Å². The number of amides is 2. The van der Waals surface area contributed by atoms with Gasteiger partial charge in [0.15, 0.2) is 0 Å². The lowest BCUT2D eigenvalue weighted by Gasteiger charge is -2.12. The predicted octanol–water partition coefficient (Wildman–Crippen LogP) is 4.17. The summed E-state index contributed by atoms with van der Waals surface area (Å²) >= 11 is 6.01. The van der Waals surface area contributed by atoms with Gasteiger partial charge in [-0.15, -0.1) is 0 Å². The fraction of sp³-hybridized carbons (Fsp3) is 0.286. The van der Waals surface area contributed by atoms with E-state index in [1.54, 1.807) is 18.2 Å². The Morgan fingerprint density at radius 1 is 1.18 bits per heavy atom. The Balaban J connectivity index is 1.93. The number of anilines is 1. The maximum absolute atomic E-state index is 12.1. The molecule has 7 heteroatoms. The lowest BCUT2D eigenvalue weighted by atomic mass is 10.1. The number of hydrogen-bond acceptors (Lipinski definition) is 4. The Hall–Kier alpha value is -2.86. The van der Waals surface area contributed by atoms with E-state index < -0.39 is 11.8 Å². The minimum Gasteiger partial charge on any atom is -0.490 e. The van der Waals surface area contributed by atoms with Crippen LogP contribution in [-0.2, 0) is 16.0 Å². The van der Waals surface area contributed by atoms with Gasteiger partial charge in [0, 0.05) is 16.3 Å². The van der Waals surface area contributed by atoms with Gasteiger partial charge in [-0.25, -0.2) is 5.43 Å². The summed E-state index contributed by atoms with van der Waals surface area (Å²) < 4.78 is 5.68. The number of ether oxygens (including phenoxy) is 1. The van der Waals surface area contributed by atoms with Crippen molar-refractivity contribution in [3.8, 4) is 5.75 Å². The smallest absolute Gasteiger partial charge is 0.249 e. The Kier molecular flexibility index (Phi) is 8.02. The molecular formula is C21H24ClN3O3. The molecule has 2 N–H and O–H groups in total.